The maximum absolute atomic E-state index is 13.3. The number of ether oxygens (including phenoxy) is 3. The number of amides is 1. The van der Waals surface area contributed by atoms with Gasteiger partial charge in [-0.05, 0) is 86.9 Å². The first-order chi connectivity index (χ1) is 20.0. The van der Waals surface area contributed by atoms with Gasteiger partial charge >= 0.3 is 5.97 Å². The van der Waals surface area contributed by atoms with Crippen LogP contribution in [-0.4, -0.2) is 61.8 Å². The van der Waals surface area contributed by atoms with Gasteiger partial charge in [-0.1, -0.05) is 11.8 Å². The van der Waals surface area contributed by atoms with E-state index in [9.17, 15) is 9.59 Å². The molecule has 1 aromatic carbocycles. The second-order valence-corrected chi connectivity index (χ2v) is 14.2. The summed E-state index contributed by atoms with van der Waals surface area (Å²) in [6.07, 6.45) is 6.13. The molecule has 4 heterocycles. The van der Waals surface area contributed by atoms with Gasteiger partial charge in [0.2, 0.25) is 12.7 Å². The molecule has 2 fully saturated rings. The number of aromatic amines is 1. The highest BCUT2D eigenvalue weighted by molar-refractivity contribution is 9.10. The molecule has 0 spiro atoms. The van der Waals surface area contributed by atoms with Gasteiger partial charge < -0.3 is 28.7 Å². The van der Waals surface area contributed by atoms with E-state index >= 15 is 0 Å². The summed E-state index contributed by atoms with van der Waals surface area (Å²) in [7, 11) is 0. The Labute approximate surface area is 256 Å². The number of hydrogen-bond acceptors (Lipinski definition) is 9. The molecular weight excluding hydrogens is 624 g/mol. The highest BCUT2D eigenvalue weighted by Gasteiger charge is 2.53. The minimum atomic E-state index is -0.563. The number of carbonyl (C=O) groups excluding carboxylic acids is 2. The number of esters is 1. The Hall–Kier alpha value is -3.06. The van der Waals surface area contributed by atoms with Crippen LogP contribution in [-0.2, 0) is 20.9 Å². The fourth-order valence-corrected chi connectivity index (χ4v) is 6.99. The maximum atomic E-state index is 13.3. The van der Waals surface area contributed by atoms with E-state index in [1.54, 1.807) is 6.33 Å². The minimum absolute atomic E-state index is 0.105. The van der Waals surface area contributed by atoms with E-state index in [0.29, 0.717) is 53.4 Å². The van der Waals surface area contributed by atoms with Crippen LogP contribution in [0, 0.1) is 16.7 Å². The normalized spacial score (nSPS) is 18.0. The first kappa shape index (κ1) is 29.0. The van der Waals surface area contributed by atoms with Gasteiger partial charge in [0, 0.05) is 29.0 Å². The molecule has 0 atom stereocenters. The molecule has 1 amide bonds. The van der Waals surface area contributed by atoms with Gasteiger partial charge in [0.25, 0.3) is 0 Å². The third-order valence-corrected chi connectivity index (χ3v) is 9.88. The standard InChI is InChI=1S/C29H35BrN6O5S/c1-28(2,3)41-22(37)14-29(7-8-29)26(38)35-9-4-17(5-10-35)6-11-36-15-32-24(31)23-25(36)34-27(33-23)42-21-13-20-19(12-18(21)30)39-16-40-20/h12-13,15,17,31H,4-11,14,16H2,1-3H3,(H,33,34). The molecule has 11 nitrogen and oxygen atoms in total. The topological polar surface area (TPSA) is 135 Å². The van der Waals surface area contributed by atoms with Gasteiger partial charge in [-0.3, -0.25) is 15.0 Å². The number of piperidine rings is 1. The number of benzene rings is 1. The lowest BCUT2D eigenvalue weighted by Crippen LogP contribution is -2.43. The van der Waals surface area contributed by atoms with Crippen LogP contribution in [0.1, 0.15) is 59.3 Å². The SMILES string of the molecule is CC(C)(C)OC(=O)CC1(C(=O)N2CCC(CCn3cnc(=N)c4[nH]c(Sc5cc6c(cc5Br)OCO6)nc43)CC2)CC1. The van der Waals surface area contributed by atoms with E-state index in [4.69, 9.17) is 24.6 Å². The predicted octanol–water partition coefficient (Wildman–Crippen LogP) is 5.02. The number of H-pyrrole nitrogens is 1. The van der Waals surface area contributed by atoms with Crippen LogP contribution in [0.2, 0.25) is 0 Å². The highest BCUT2D eigenvalue weighted by Crippen LogP contribution is 2.51. The fraction of sp³-hybridized carbons (Fsp3) is 0.552. The highest BCUT2D eigenvalue weighted by atomic mass is 79.9. The Balaban J connectivity index is 1.06. The van der Waals surface area contributed by atoms with Crippen LogP contribution in [0.5, 0.6) is 11.5 Å². The minimum Gasteiger partial charge on any atom is -0.460 e. The zero-order chi connectivity index (χ0) is 29.6. The summed E-state index contributed by atoms with van der Waals surface area (Å²) in [4.78, 5) is 40.9. The van der Waals surface area contributed by atoms with Crippen molar-refractivity contribution in [3.8, 4) is 11.5 Å². The van der Waals surface area contributed by atoms with E-state index < -0.39 is 11.0 Å². The Morgan fingerprint density at radius 3 is 2.62 bits per heavy atom. The Bertz CT molecular complexity index is 1590. The van der Waals surface area contributed by atoms with Gasteiger partial charge in [0.1, 0.15) is 11.1 Å². The van der Waals surface area contributed by atoms with E-state index in [0.717, 1.165) is 41.5 Å². The number of fused-ring (bicyclic) bond motifs is 2. The van der Waals surface area contributed by atoms with E-state index in [1.807, 2.05) is 42.4 Å². The smallest absolute Gasteiger partial charge is 0.307 e. The van der Waals surface area contributed by atoms with Crippen molar-refractivity contribution in [2.75, 3.05) is 19.9 Å². The van der Waals surface area contributed by atoms with E-state index in [2.05, 4.69) is 25.9 Å². The third kappa shape index (κ3) is 6.17. The summed E-state index contributed by atoms with van der Waals surface area (Å²) in [6.45, 7) is 7.88. The van der Waals surface area contributed by atoms with Gasteiger partial charge in [0.15, 0.2) is 27.8 Å². The number of hydrogen-bond donors (Lipinski definition) is 2. The Morgan fingerprint density at radius 1 is 1.21 bits per heavy atom. The third-order valence-electron chi connectivity index (χ3n) is 8.02. The molecule has 2 aliphatic heterocycles. The number of imidazole rings is 1. The number of likely N-dealkylation sites (tertiary alicyclic amines) is 1. The number of carbonyl (C=O) groups is 2. The average molecular weight is 660 g/mol. The summed E-state index contributed by atoms with van der Waals surface area (Å²) in [6, 6.07) is 3.80. The number of aromatic nitrogens is 4. The summed E-state index contributed by atoms with van der Waals surface area (Å²) < 4.78 is 19.3. The van der Waals surface area contributed by atoms with Crippen molar-refractivity contribution in [2.24, 2.45) is 11.3 Å². The molecule has 42 heavy (non-hydrogen) atoms. The second-order valence-electron chi connectivity index (χ2n) is 12.3. The van der Waals surface area contributed by atoms with Gasteiger partial charge in [-0.25, -0.2) is 9.97 Å². The molecule has 2 aromatic heterocycles. The van der Waals surface area contributed by atoms with Crippen molar-refractivity contribution < 1.29 is 23.8 Å². The molecule has 3 aromatic rings. The molecule has 224 valence electrons. The van der Waals surface area contributed by atoms with Crippen molar-refractivity contribution in [2.45, 2.75) is 81.5 Å². The fourth-order valence-electron chi connectivity index (χ4n) is 5.61. The second kappa shape index (κ2) is 11.2. The molecule has 1 saturated heterocycles. The lowest BCUT2D eigenvalue weighted by atomic mass is 9.91. The summed E-state index contributed by atoms with van der Waals surface area (Å²) in [5.74, 6) is 1.67. The molecule has 6 rings (SSSR count). The summed E-state index contributed by atoms with van der Waals surface area (Å²) in [5, 5.41) is 8.97. The molecule has 0 bridgehead atoms. The first-order valence-electron chi connectivity index (χ1n) is 14.3. The molecule has 0 radical (unpaired) electrons. The number of halogens is 1. The molecule has 0 unspecified atom stereocenters. The molecule has 1 aliphatic carbocycles. The van der Waals surface area contributed by atoms with Crippen LogP contribution < -0.4 is 15.0 Å². The van der Waals surface area contributed by atoms with Crippen molar-refractivity contribution in [1.82, 2.24) is 24.4 Å². The average Bonchev–Trinajstić information content (AvgIpc) is 3.34. The lowest BCUT2D eigenvalue weighted by Gasteiger charge is -2.34. The van der Waals surface area contributed by atoms with Crippen LogP contribution in [0.25, 0.3) is 11.2 Å². The summed E-state index contributed by atoms with van der Waals surface area (Å²) >= 11 is 5.04. The van der Waals surface area contributed by atoms with E-state index in [-0.39, 0.29) is 30.6 Å². The van der Waals surface area contributed by atoms with Gasteiger partial charge in [0.05, 0.1) is 18.2 Å². The maximum Gasteiger partial charge on any atom is 0.307 e. The lowest BCUT2D eigenvalue weighted by molar-refractivity contribution is -0.159. The van der Waals surface area contributed by atoms with Gasteiger partial charge in [-0.2, -0.15) is 0 Å². The first-order valence-corrected chi connectivity index (χ1v) is 15.9. The molecule has 1 saturated carbocycles. The molecular formula is C29H35BrN6O5S. The van der Waals surface area contributed by atoms with Crippen LogP contribution in [0.4, 0.5) is 0 Å². The van der Waals surface area contributed by atoms with Crippen molar-refractivity contribution in [3.63, 3.8) is 0 Å². The van der Waals surface area contributed by atoms with Crippen molar-refractivity contribution in [1.29, 1.82) is 5.41 Å². The van der Waals surface area contributed by atoms with Crippen LogP contribution in [0.15, 0.2) is 33.0 Å². The molecule has 13 heteroatoms. The van der Waals surface area contributed by atoms with Crippen molar-refractivity contribution >= 4 is 50.7 Å². The van der Waals surface area contributed by atoms with Crippen molar-refractivity contribution in [3.05, 3.63) is 28.4 Å². The largest absolute Gasteiger partial charge is 0.460 e. The van der Waals surface area contributed by atoms with Gasteiger partial charge in [-0.15, -0.1) is 0 Å². The number of aryl methyl sites for hydroxylation is 1. The Kier molecular flexibility index (Phi) is 7.75. The number of rotatable bonds is 8. The molecule has 2 N–H and O–H groups in total. The van der Waals surface area contributed by atoms with E-state index in [1.165, 1.54) is 11.8 Å². The quantitative estimate of drug-likeness (QED) is 0.322. The summed E-state index contributed by atoms with van der Waals surface area (Å²) in [5.41, 5.74) is 0.330. The predicted molar refractivity (Wildman–Crippen MR) is 158 cm³/mol. The number of nitrogens with one attached hydrogen (secondary N) is 2. The number of nitrogens with zero attached hydrogens (tertiary/aromatic N) is 4. The Morgan fingerprint density at radius 2 is 1.93 bits per heavy atom. The zero-order valence-corrected chi connectivity index (χ0v) is 26.4. The van der Waals surface area contributed by atoms with Crippen LogP contribution >= 0.6 is 27.7 Å². The zero-order valence-electron chi connectivity index (χ0n) is 24.0. The van der Waals surface area contributed by atoms with Crippen LogP contribution in [0.3, 0.4) is 0 Å². The molecule has 3 aliphatic rings. The monoisotopic (exact) mass is 658 g/mol.